The maximum atomic E-state index is 12.5. The van der Waals surface area contributed by atoms with Gasteiger partial charge in [-0.15, -0.1) is 23.1 Å². The van der Waals surface area contributed by atoms with Crippen molar-refractivity contribution in [1.82, 2.24) is 15.2 Å². The molecule has 5 nitrogen and oxygen atoms in total. The van der Waals surface area contributed by atoms with E-state index in [9.17, 15) is 9.59 Å². The molecular weight excluding hydrogens is 354 g/mol. The summed E-state index contributed by atoms with van der Waals surface area (Å²) < 4.78 is 0. The van der Waals surface area contributed by atoms with Gasteiger partial charge in [-0.2, -0.15) is 0 Å². The average Bonchev–Trinajstić information content (AvgIpc) is 3.14. The summed E-state index contributed by atoms with van der Waals surface area (Å²) in [7, 11) is 0. The van der Waals surface area contributed by atoms with E-state index < -0.39 is 0 Å². The van der Waals surface area contributed by atoms with Gasteiger partial charge >= 0.3 is 0 Å². The van der Waals surface area contributed by atoms with Gasteiger partial charge in [0.15, 0.2) is 0 Å². The maximum Gasteiger partial charge on any atom is 0.243 e. The van der Waals surface area contributed by atoms with Crippen molar-refractivity contribution in [3.8, 4) is 0 Å². The molecule has 0 aliphatic carbocycles. The lowest BCUT2D eigenvalue weighted by atomic mass is 9.91. The number of aromatic nitrogens is 1. The SMILES string of the molecule is CC(C)c1nc(CCNC(=O)C2CSCN2C(=O)CC(C)(C)C)cs1. The van der Waals surface area contributed by atoms with Crippen LogP contribution in [0.2, 0.25) is 0 Å². The van der Waals surface area contributed by atoms with E-state index in [0.29, 0.717) is 30.5 Å². The Bertz CT molecular complexity index is 608. The van der Waals surface area contributed by atoms with Crippen molar-refractivity contribution in [2.75, 3.05) is 18.2 Å². The number of carbonyl (C=O) groups is 2. The molecule has 1 atom stereocenters. The zero-order valence-electron chi connectivity index (χ0n) is 15.8. The minimum absolute atomic E-state index is 0.0495. The van der Waals surface area contributed by atoms with Crippen molar-refractivity contribution < 1.29 is 9.59 Å². The molecule has 0 radical (unpaired) electrons. The first kappa shape index (κ1) is 20.2. The Morgan fingerprint density at radius 2 is 2.12 bits per heavy atom. The van der Waals surface area contributed by atoms with Gasteiger partial charge in [-0.25, -0.2) is 4.98 Å². The minimum atomic E-state index is -0.346. The average molecular weight is 384 g/mol. The molecule has 0 aromatic carbocycles. The Morgan fingerprint density at radius 3 is 2.72 bits per heavy atom. The third-order valence-electron chi connectivity index (χ3n) is 3.93. The molecule has 1 fully saturated rings. The lowest BCUT2D eigenvalue weighted by Gasteiger charge is -2.26. The van der Waals surface area contributed by atoms with Crippen LogP contribution in [-0.2, 0) is 16.0 Å². The highest BCUT2D eigenvalue weighted by Crippen LogP contribution is 2.26. The van der Waals surface area contributed by atoms with Crippen molar-refractivity contribution in [2.24, 2.45) is 5.41 Å². The van der Waals surface area contributed by atoms with E-state index in [0.717, 1.165) is 17.1 Å². The predicted octanol–water partition coefficient (Wildman–Crippen LogP) is 3.26. The molecule has 0 spiro atoms. The van der Waals surface area contributed by atoms with Crippen molar-refractivity contribution in [3.05, 3.63) is 16.1 Å². The van der Waals surface area contributed by atoms with Gasteiger partial charge in [0.05, 0.1) is 16.6 Å². The van der Waals surface area contributed by atoms with Crippen LogP contribution < -0.4 is 5.32 Å². The number of thiazole rings is 1. The third-order valence-corrected chi connectivity index (χ3v) is 6.14. The monoisotopic (exact) mass is 383 g/mol. The molecule has 2 heterocycles. The van der Waals surface area contributed by atoms with Gasteiger partial charge in [-0.1, -0.05) is 34.6 Å². The number of amides is 2. The van der Waals surface area contributed by atoms with E-state index in [2.05, 4.69) is 29.5 Å². The van der Waals surface area contributed by atoms with E-state index in [1.54, 1.807) is 28.0 Å². The number of carbonyl (C=O) groups excluding carboxylic acids is 2. The number of hydrogen-bond acceptors (Lipinski definition) is 5. The van der Waals surface area contributed by atoms with E-state index in [1.165, 1.54) is 0 Å². The number of nitrogens with one attached hydrogen (secondary N) is 1. The predicted molar refractivity (Wildman–Crippen MR) is 105 cm³/mol. The molecule has 1 N–H and O–H groups in total. The second-order valence-corrected chi connectivity index (χ2v) is 9.88. The van der Waals surface area contributed by atoms with Gasteiger partial charge in [-0.3, -0.25) is 9.59 Å². The summed E-state index contributed by atoms with van der Waals surface area (Å²) in [5.74, 6) is 1.74. The molecule has 1 aliphatic rings. The molecule has 1 aromatic rings. The summed E-state index contributed by atoms with van der Waals surface area (Å²) >= 11 is 3.31. The number of thioether (sulfide) groups is 1. The van der Waals surface area contributed by atoms with Gasteiger partial charge in [0.25, 0.3) is 0 Å². The van der Waals surface area contributed by atoms with Crippen LogP contribution in [0.25, 0.3) is 0 Å². The van der Waals surface area contributed by atoms with Crippen LogP contribution in [0.3, 0.4) is 0 Å². The highest BCUT2D eigenvalue weighted by Gasteiger charge is 2.35. The highest BCUT2D eigenvalue weighted by atomic mass is 32.2. The molecule has 0 saturated carbocycles. The quantitative estimate of drug-likeness (QED) is 0.819. The molecule has 2 rings (SSSR count). The van der Waals surface area contributed by atoms with Gasteiger partial charge in [0, 0.05) is 36.4 Å². The summed E-state index contributed by atoms with van der Waals surface area (Å²) in [5, 5.41) is 6.17. The van der Waals surface area contributed by atoms with Crippen molar-refractivity contribution >= 4 is 34.9 Å². The minimum Gasteiger partial charge on any atom is -0.354 e. The molecule has 0 bridgehead atoms. The summed E-state index contributed by atoms with van der Waals surface area (Å²) in [6, 6.07) is -0.346. The fourth-order valence-electron chi connectivity index (χ4n) is 2.60. The van der Waals surface area contributed by atoms with E-state index >= 15 is 0 Å². The van der Waals surface area contributed by atoms with E-state index in [1.807, 2.05) is 20.8 Å². The summed E-state index contributed by atoms with van der Waals surface area (Å²) in [4.78, 5) is 31.3. The van der Waals surface area contributed by atoms with Crippen molar-refractivity contribution in [3.63, 3.8) is 0 Å². The molecular formula is C18H29N3O2S2. The van der Waals surface area contributed by atoms with Gasteiger partial charge < -0.3 is 10.2 Å². The Labute approximate surface area is 159 Å². The molecule has 25 heavy (non-hydrogen) atoms. The number of hydrogen-bond donors (Lipinski definition) is 1. The van der Waals surface area contributed by atoms with Crippen molar-refractivity contribution in [1.29, 1.82) is 0 Å². The Hall–Kier alpha value is -1.08. The Kier molecular flexibility index (Phi) is 6.91. The third kappa shape index (κ3) is 5.99. The second kappa shape index (κ2) is 8.54. The fraction of sp³-hybridized carbons (Fsp3) is 0.722. The molecule has 2 amide bonds. The zero-order valence-corrected chi connectivity index (χ0v) is 17.4. The van der Waals surface area contributed by atoms with E-state index in [-0.39, 0.29) is 23.3 Å². The fourth-order valence-corrected chi connectivity index (χ4v) is 4.65. The topological polar surface area (TPSA) is 62.3 Å². The second-order valence-electron chi connectivity index (χ2n) is 7.99. The molecule has 1 aromatic heterocycles. The lowest BCUT2D eigenvalue weighted by molar-refractivity contribution is -0.139. The van der Waals surface area contributed by atoms with Crippen LogP contribution in [0.5, 0.6) is 0 Å². The molecule has 1 unspecified atom stereocenters. The first-order valence-electron chi connectivity index (χ1n) is 8.76. The smallest absolute Gasteiger partial charge is 0.243 e. The lowest BCUT2D eigenvalue weighted by Crippen LogP contribution is -2.48. The summed E-state index contributed by atoms with van der Waals surface area (Å²) in [6.07, 6.45) is 1.19. The zero-order chi connectivity index (χ0) is 18.6. The van der Waals surface area contributed by atoms with Crippen LogP contribution in [0.15, 0.2) is 5.38 Å². The molecule has 7 heteroatoms. The van der Waals surface area contributed by atoms with E-state index in [4.69, 9.17) is 0 Å². The van der Waals surface area contributed by atoms with Gasteiger partial charge in [-0.05, 0) is 5.41 Å². The molecule has 1 aliphatic heterocycles. The van der Waals surface area contributed by atoms with Gasteiger partial charge in [0.1, 0.15) is 6.04 Å². The largest absolute Gasteiger partial charge is 0.354 e. The Balaban J connectivity index is 1.83. The van der Waals surface area contributed by atoms with Crippen LogP contribution >= 0.6 is 23.1 Å². The van der Waals surface area contributed by atoms with Crippen LogP contribution in [0, 0.1) is 5.41 Å². The van der Waals surface area contributed by atoms with Crippen molar-refractivity contribution in [2.45, 2.75) is 59.4 Å². The van der Waals surface area contributed by atoms with Crippen LogP contribution in [-0.4, -0.2) is 45.9 Å². The normalized spacial score (nSPS) is 18.0. The molecule has 140 valence electrons. The first-order chi connectivity index (χ1) is 11.7. The number of rotatable bonds is 6. The van der Waals surface area contributed by atoms with Crippen LogP contribution in [0.1, 0.15) is 57.7 Å². The first-order valence-corrected chi connectivity index (χ1v) is 10.8. The molecule has 1 saturated heterocycles. The standard InChI is InChI=1S/C18H29N3O2S2/c1-12(2)17-20-13(9-25-17)6-7-19-16(23)14-10-24-11-21(14)15(22)8-18(3,4)5/h9,12,14H,6-8,10-11H2,1-5H3,(H,19,23). The highest BCUT2D eigenvalue weighted by molar-refractivity contribution is 7.99. The maximum absolute atomic E-state index is 12.5. The number of nitrogens with zero attached hydrogens (tertiary/aromatic N) is 2. The summed E-state index contributed by atoms with van der Waals surface area (Å²) in [6.45, 7) is 11.0. The summed E-state index contributed by atoms with van der Waals surface area (Å²) in [5.41, 5.74) is 0.958. The Morgan fingerprint density at radius 1 is 1.40 bits per heavy atom. The van der Waals surface area contributed by atoms with Crippen LogP contribution in [0.4, 0.5) is 0 Å². The van der Waals surface area contributed by atoms with Gasteiger partial charge in [0.2, 0.25) is 11.8 Å².